The lowest BCUT2D eigenvalue weighted by Gasteiger charge is -2.39. The molecule has 2 fully saturated rings. The van der Waals surface area contributed by atoms with Crippen molar-refractivity contribution >= 4 is 11.7 Å². The SMILES string of the molecule is CNC1(C(=O)NCC(=O)c2ccccc2)CCN(C)CC1.CNC1(c2ncc(-c3ccccc3)o2)CCN(C)CC1. The Bertz CT molecular complexity index is 1250. The molecule has 0 radical (unpaired) electrons. The molecule has 0 bridgehead atoms. The van der Waals surface area contributed by atoms with Crippen molar-refractivity contribution in [2.24, 2.45) is 0 Å². The summed E-state index contributed by atoms with van der Waals surface area (Å²) < 4.78 is 6.05. The molecule has 0 spiro atoms. The van der Waals surface area contributed by atoms with Gasteiger partial charge in [0.2, 0.25) is 11.8 Å². The van der Waals surface area contributed by atoms with E-state index in [9.17, 15) is 9.59 Å². The average molecular weight is 561 g/mol. The fourth-order valence-corrected chi connectivity index (χ4v) is 5.45. The van der Waals surface area contributed by atoms with Gasteiger partial charge in [-0.3, -0.25) is 9.59 Å². The molecular weight excluding hydrogens is 516 g/mol. The number of likely N-dealkylation sites (tertiary alicyclic amines) is 2. The number of likely N-dealkylation sites (N-methyl/N-ethyl adjacent to an activating group) is 1. The summed E-state index contributed by atoms with van der Waals surface area (Å²) in [5.74, 6) is 1.51. The molecule has 0 unspecified atom stereocenters. The van der Waals surface area contributed by atoms with Gasteiger partial charge < -0.3 is 30.2 Å². The van der Waals surface area contributed by atoms with E-state index in [4.69, 9.17) is 4.42 Å². The van der Waals surface area contributed by atoms with Crippen LogP contribution in [0.3, 0.4) is 0 Å². The first kappa shape index (κ1) is 30.6. The van der Waals surface area contributed by atoms with E-state index in [0.717, 1.165) is 69.1 Å². The third-order valence-corrected chi connectivity index (χ3v) is 8.55. The van der Waals surface area contributed by atoms with Crippen molar-refractivity contribution in [3.63, 3.8) is 0 Å². The number of hydrogen-bond acceptors (Lipinski definition) is 8. The summed E-state index contributed by atoms with van der Waals surface area (Å²) in [5.41, 5.74) is 1.02. The van der Waals surface area contributed by atoms with Crippen LogP contribution < -0.4 is 16.0 Å². The Hall–Kier alpha value is -3.37. The molecule has 3 N–H and O–H groups in total. The number of nitrogens with zero attached hydrogens (tertiary/aromatic N) is 3. The smallest absolute Gasteiger partial charge is 0.240 e. The van der Waals surface area contributed by atoms with Crippen molar-refractivity contribution in [1.29, 1.82) is 0 Å². The molecule has 1 amide bonds. The lowest BCUT2D eigenvalue weighted by Crippen LogP contribution is -2.60. The van der Waals surface area contributed by atoms with Crippen LogP contribution in [-0.2, 0) is 10.3 Å². The molecule has 5 rings (SSSR count). The van der Waals surface area contributed by atoms with Crippen LogP contribution in [0.5, 0.6) is 0 Å². The van der Waals surface area contributed by atoms with Gasteiger partial charge in [0.15, 0.2) is 11.5 Å². The number of oxazole rings is 1. The van der Waals surface area contributed by atoms with Gasteiger partial charge in [-0.05, 0) is 53.9 Å². The first-order chi connectivity index (χ1) is 19.8. The molecule has 2 aromatic carbocycles. The van der Waals surface area contributed by atoms with Crippen LogP contribution in [0.25, 0.3) is 11.3 Å². The number of carbonyl (C=O) groups is 2. The predicted molar refractivity (Wildman–Crippen MR) is 162 cm³/mol. The minimum atomic E-state index is -0.552. The molecule has 9 heteroatoms. The highest BCUT2D eigenvalue weighted by Gasteiger charge is 2.40. The van der Waals surface area contributed by atoms with Gasteiger partial charge in [-0.25, -0.2) is 4.98 Å². The summed E-state index contributed by atoms with van der Waals surface area (Å²) >= 11 is 0. The van der Waals surface area contributed by atoms with Crippen LogP contribution in [0.4, 0.5) is 0 Å². The molecule has 2 aliphatic rings. The zero-order valence-electron chi connectivity index (χ0n) is 24.8. The van der Waals surface area contributed by atoms with Gasteiger partial charge in [0.25, 0.3) is 0 Å². The fourth-order valence-electron chi connectivity index (χ4n) is 5.45. The predicted octanol–water partition coefficient (Wildman–Crippen LogP) is 3.15. The van der Waals surface area contributed by atoms with Crippen molar-refractivity contribution < 1.29 is 14.0 Å². The lowest BCUT2D eigenvalue weighted by atomic mass is 9.86. The molecule has 220 valence electrons. The number of benzene rings is 2. The number of carbonyl (C=O) groups excluding carboxylic acids is 2. The first-order valence-corrected chi connectivity index (χ1v) is 14.4. The maximum Gasteiger partial charge on any atom is 0.240 e. The van der Waals surface area contributed by atoms with E-state index in [2.05, 4.69) is 44.8 Å². The zero-order valence-corrected chi connectivity index (χ0v) is 24.8. The van der Waals surface area contributed by atoms with E-state index in [1.54, 1.807) is 12.1 Å². The average Bonchev–Trinajstić information content (AvgIpc) is 3.53. The second-order valence-corrected chi connectivity index (χ2v) is 11.1. The number of ketones is 1. The van der Waals surface area contributed by atoms with Gasteiger partial charge in [0.1, 0.15) is 5.54 Å². The Labute approximate surface area is 243 Å². The molecule has 3 heterocycles. The van der Waals surface area contributed by atoms with Crippen molar-refractivity contribution in [2.75, 3.05) is 60.9 Å². The van der Waals surface area contributed by atoms with Gasteiger partial charge in [0.05, 0.1) is 18.3 Å². The normalized spacial score (nSPS) is 18.6. The molecule has 41 heavy (non-hydrogen) atoms. The minimum absolute atomic E-state index is 0.0438. The molecule has 0 saturated carbocycles. The third kappa shape index (κ3) is 7.48. The number of rotatable bonds is 8. The molecule has 0 aliphatic carbocycles. The summed E-state index contributed by atoms with van der Waals surface area (Å²) in [6.07, 6.45) is 5.39. The molecule has 2 aliphatic heterocycles. The van der Waals surface area contributed by atoms with Crippen LogP contribution >= 0.6 is 0 Å². The summed E-state index contributed by atoms with van der Waals surface area (Å²) in [6.45, 7) is 3.91. The summed E-state index contributed by atoms with van der Waals surface area (Å²) in [6, 6.07) is 19.2. The fraction of sp³-hybridized carbons (Fsp3) is 0.469. The largest absolute Gasteiger partial charge is 0.439 e. The highest BCUT2D eigenvalue weighted by Crippen LogP contribution is 2.33. The molecule has 3 aromatic rings. The third-order valence-electron chi connectivity index (χ3n) is 8.55. The van der Waals surface area contributed by atoms with E-state index in [0.29, 0.717) is 5.56 Å². The Kier molecular flexibility index (Phi) is 10.4. The second kappa shape index (κ2) is 14.0. The van der Waals surface area contributed by atoms with Crippen molar-refractivity contribution in [3.05, 3.63) is 78.3 Å². The maximum absolute atomic E-state index is 12.4. The highest BCUT2D eigenvalue weighted by atomic mass is 16.4. The van der Waals surface area contributed by atoms with Crippen LogP contribution in [0.2, 0.25) is 0 Å². The maximum atomic E-state index is 12.4. The Morgan fingerprint density at radius 1 is 0.829 bits per heavy atom. The van der Waals surface area contributed by atoms with Crippen LogP contribution in [0.1, 0.15) is 41.9 Å². The number of piperidine rings is 2. The number of hydrogen-bond donors (Lipinski definition) is 3. The summed E-state index contributed by atoms with van der Waals surface area (Å²) in [5, 5.41) is 9.38. The molecule has 9 nitrogen and oxygen atoms in total. The monoisotopic (exact) mass is 560 g/mol. The van der Waals surface area contributed by atoms with Gasteiger partial charge in [-0.15, -0.1) is 0 Å². The second-order valence-electron chi connectivity index (χ2n) is 11.1. The van der Waals surface area contributed by atoms with Crippen LogP contribution in [0.15, 0.2) is 71.3 Å². The van der Waals surface area contributed by atoms with Gasteiger partial charge in [-0.2, -0.15) is 0 Å². The Balaban J connectivity index is 0.000000189. The topological polar surface area (TPSA) is 103 Å². The van der Waals surface area contributed by atoms with E-state index in [1.807, 2.05) is 68.8 Å². The van der Waals surface area contributed by atoms with Gasteiger partial charge >= 0.3 is 0 Å². The number of nitrogens with one attached hydrogen (secondary N) is 3. The van der Waals surface area contributed by atoms with Gasteiger partial charge in [0, 0.05) is 37.3 Å². The minimum Gasteiger partial charge on any atom is -0.439 e. The first-order valence-electron chi connectivity index (χ1n) is 14.4. The quantitative estimate of drug-likeness (QED) is 0.361. The van der Waals surface area contributed by atoms with Crippen molar-refractivity contribution in [2.45, 2.75) is 36.8 Å². The number of amides is 1. The van der Waals surface area contributed by atoms with Crippen molar-refractivity contribution in [1.82, 2.24) is 30.7 Å². The lowest BCUT2D eigenvalue weighted by molar-refractivity contribution is -0.129. The van der Waals surface area contributed by atoms with Crippen LogP contribution in [-0.4, -0.2) is 92.9 Å². The Morgan fingerprint density at radius 2 is 1.39 bits per heavy atom. The molecule has 2 saturated heterocycles. The number of aromatic nitrogens is 1. The molecule has 1 aromatic heterocycles. The Morgan fingerprint density at radius 3 is 1.95 bits per heavy atom. The number of Topliss-reactive ketones (excluding diaryl/α,β-unsaturated/α-hetero) is 1. The van der Waals surface area contributed by atoms with E-state index in [-0.39, 0.29) is 23.8 Å². The zero-order chi connectivity index (χ0) is 29.3. The van der Waals surface area contributed by atoms with E-state index in [1.165, 1.54) is 0 Å². The van der Waals surface area contributed by atoms with E-state index >= 15 is 0 Å². The van der Waals surface area contributed by atoms with E-state index < -0.39 is 5.54 Å². The van der Waals surface area contributed by atoms with Gasteiger partial charge in [-0.1, -0.05) is 60.7 Å². The molecule has 0 atom stereocenters. The highest BCUT2D eigenvalue weighted by molar-refractivity contribution is 6.00. The van der Waals surface area contributed by atoms with Crippen molar-refractivity contribution in [3.8, 4) is 11.3 Å². The summed E-state index contributed by atoms with van der Waals surface area (Å²) in [4.78, 5) is 33.6. The standard InChI is InChI=1S/C16H23N3O2.C16H21N3O/c1-17-16(8-10-19(2)11-9-16)15(21)18-12-14(20)13-6-4-3-5-7-13;1-17-16(8-10-19(2)11-9-16)15-18-12-14(20-15)13-6-4-3-5-7-13/h3-7,17H,8-12H2,1-2H3,(H,18,21);3-7,12,17H,8-11H2,1-2H3. The molecular formula is C32H44N6O3. The summed E-state index contributed by atoms with van der Waals surface area (Å²) in [7, 11) is 8.02. The van der Waals surface area contributed by atoms with Crippen LogP contribution in [0, 0.1) is 0 Å².